The van der Waals surface area contributed by atoms with Crippen LogP contribution in [0.5, 0.6) is 0 Å². The molecule has 4 nitrogen and oxygen atoms in total. The van der Waals surface area contributed by atoms with Crippen LogP contribution in [0.15, 0.2) is 24.3 Å². The van der Waals surface area contributed by atoms with Crippen molar-refractivity contribution < 1.29 is 0 Å². The predicted octanol–water partition coefficient (Wildman–Crippen LogP) is 10.3. The molecular weight excluding hydrogens is 624 g/mol. The first-order chi connectivity index (χ1) is 19.3. The number of fused-ring (bicyclic) bond motifs is 8. The van der Waals surface area contributed by atoms with E-state index < -0.39 is 0 Å². The molecule has 0 spiro atoms. The smallest absolute Gasteiger partial charge is 0.0694 e. The number of halogens is 2. The summed E-state index contributed by atoms with van der Waals surface area (Å²) in [6, 6.07) is 9.06. The molecule has 0 fully saturated rings. The Morgan fingerprint density at radius 2 is 1.00 bits per heavy atom. The third-order valence-corrected chi connectivity index (χ3v) is 9.75. The molecule has 0 aromatic carbocycles. The molecule has 0 unspecified atom stereocenters. The maximum absolute atomic E-state index is 5.25. The molecular formula is C34H40Br2N4. The number of aromatic nitrogens is 4. The predicted molar refractivity (Wildman–Crippen MR) is 180 cm³/mol. The first-order valence-corrected chi connectivity index (χ1v) is 16.8. The summed E-state index contributed by atoms with van der Waals surface area (Å²) in [5.41, 5.74) is 19.4. The number of aryl methyl sites for hydroxylation is 4. The fraction of sp³-hybridized carbons (Fsp3) is 0.412. The molecule has 40 heavy (non-hydrogen) atoms. The summed E-state index contributed by atoms with van der Waals surface area (Å²) in [6.45, 7) is 13.4. The summed E-state index contributed by atoms with van der Waals surface area (Å²) in [4.78, 5) is 18.0. The molecule has 0 amide bonds. The highest BCUT2D eigenvalue weighted by Gasteiger charge is 2.21. The zero-order chi connectivity index (χ0) is 28.6. The molecule has 0 radical (unpaired) electrons. The number of rotatable bonds is 8. The van der Waals surface area contributed by atoms with E-state index in [2.05, 4.69) is 108 Å². The molecule has 2 aliphatic heterocycles. The third kappa shape index (κ3) is 5.30. The van der Waals surface area contributed by atoms with Gasteiger partial charge < -0.3 is 9.97 Å². The Hall–Kier alpha value is -2.44. The molecule has 2 N–H and O–H groups in total. The zero-order valence-electron chi connectivity index (χ0n) is 24.6. The van der Waals surface area contributed by atoms with Crippen LogP contribution in [0.2, 0.25) is 0 Å². The van der Waals surface area contributed by atoms with Crippen LogP contribution in [0.1, 0.15) is 98.4 Å². The van der Waals surface area contributed by atoms with Gasteiger partial charge in [-0.3, -0.25) is 0 Å². The van der Waals surface area contributed by atoms with Crippen LogP contribution in [0.3, 0.4) is 0 Å². The molecule has 6 heteroatoms. The quantitative estimate of drug-likeness (QED) is 0.236. The lowest BCUT2D eigenvalue weighted by atomic mass is 9.98. The van der Waals surface area contributed by atoms with Gasteiger partial charge in [-0.1, -0.05) is 45.7 Å². The topological polar surface area (TPSA) is 57.4 Å². The summed E-state index contributed by atoms with van der Waals surface area (Å²) >= 11 is 7.29. The van der Waals surface area contributed by atoms with Gasteiger partial charge in [0.1, 0.15) is 0 Å². The third-order valence-electron chi connectivity index (χ3n) is 8.63. The lowest BCUT2D eigenvalue weighted by Crippen LogP contribution is -1.89. The van der Waals surface area contributed by atoms with Gasteiger partial charge in [0.2, 0.25) is 0 Å². The lowest BCUT2D eigenvalue weighted by molar-refractivity contribution is 0.987. The highest BCUT2D eigenvalue weighted by molar-refractivity contribution is 9.09. The minimum absolute atomic E-state index is 0.969. The van der Waals surface area contributed by atoms with Crippen molar-refractivity contribution in [3.63, 3.8) is 0 Å². The number of H-pyrrole nitrogens is 2. The Morgan fingerprint density at radius 1 is 0.575 bits per heavy atom. The van der Waals surface area contributed by atoms with Gasteiger partial charge in [0, 0.05) is 32.7 Å². The lowest BCUT2D eigenvalue weighted by Gasteiger charge is -2.05. The monoisotopic (exact) mass is 662 g/mol. The molecule has 5 heterocycles. The molecule has 210 valence electrons. The van der Waals surface area contributed by atoms with Gasteiger partial charge in [0.25, 0.3) is 0 Å². The van der Waals surface area contributed by atoms with E-state index in [9.17, 15) is 0 Å². The maximum atomic E-state index is 5.25. The van der Waals surface area contributed by atoms with Crippen molar-refractivity contribution in [1.82, 2.24) is 19.9 Å². The molecule has 0 aliphatic carbocycles. The van der Waals surface area contributed by atoms with Crippen molar-refractivity contribution in [3.8, 4) is 0 Å². The van der Waals surface area contributed by atoms with E-state index in [1.807, 2.05) is 0 Å². The van der Waals surface area contributed by atoms with E-state index in [4.69, 9.17) is 9.97 Å². The van der Waals surface area contributed by atoms with Crippen LogP contribution >= 0.6 is 31.9 Å². The fourth-order valence-electron chi connectivity index (χ4n) is 6.25. The second-order valence-corrected chi connectivity index (χ2v) is 12.5. The minimum atomic E-state index is 0.969. The highest BCUT2D eigenvalue weighted by Crippen LogP contribution is 2.38. The van der Waals surface area contributed by atoms with E-state index in [1.165, 1.54) is 50.1 Å². The van der Waals surface area contributed by atoms with Crippen molar-refractivity contribution in [3.05, 3.63) is 69.3 Å². The molecule has 3 aromatic heterocycles. The standard InChI is InChI=1S/C34H40Br2N4/c1-7-23-19(3)27-15-28-21(5)25(11-9-13-35)33(39-28)18-34-26(12-10-14-36)22(6)30(40-34)17-32-24(8-2)20(4)29(38-32)16-31(23)37-27/h15-18,37-38H,7-14H2,1-6H3. The van der Waals surface area contributed by atoms with Gasteiger partial charge in [-0.15, -0.1) is 0 Å². The van der Waals surface area contributed by atoms with Crippen molar-refractivity contribution in [2.75, 3.05) is 10.7 Å². The van der Waals surface area contributed by atoms with Crippen LogP contribution in [0.25, 0.3) is 44.4 Å². The van der Waals surface area contributed by atoms with E-state index in [-0.39, 0.29) is 0 Å². The summed E-state index contributed by atoms with van der Waals surface area (Å²) in [5, 5.41) is 1.96. The second kappa shape index (κ2) is 12.2. The van der Waals surface area contributed by atoms with Crippen LogP contribution in [0.4, 0.5) is 0 Å². The van der Waals surface area contributed by atoms with Gasteiger partial charge in [-0.25, -0.2) is 9.97 Å². The zero-order valence-corrected chi connectivity index (χ0v) is 27.8. The van der Waals surface area contributed by atoms with Crippen LogP contribution in [-0.2, 0) is 12.8 Å². The molecule has 5 rings (SSSR count). The first-order valence-electron chi connectivity index (χ1n) is 14.6. The number of allylic oxidation sites excluding steroid dienone is 4. The molecule has 0 saturated carbocycles. The van der Waals surface area contributed by atoms with Gasteiger partial charge in [-0.2, -0.15) is 0 Å². The van der Waals surface area contributed by atoms with E-state index in [0.29, 0.717) is 0 Å². The fourth-order valence-corrected chi connectivity index (χ4v) is 6.81. The van der Waals surface area contributed by atoms with Crippen LogP contribution in [-0.4, -0.2) is 30.6 Å². The summed E-state index contributed by atoms with van der Waals surface area (Å²) < 4.78 is 0. The number of nitrogens with zero attached hydrogens (tertiary/aromatic N) is 2. The number of aromatic amines is 2. The Labute approximate surface area is 255 Å². The average molecular weight is 665 g/mol. The van der Waals surface area contributed by atoms with Crippen molar-refractivity contribution >= 4 is 76.2 Å². The summed E-state index contributed by atoms with van der Waals surface area (Å²) in [7, 11) is 0. The van der Waals surface area contributed by atoms with Crippen molar-refractivity contribution in [2.45, 2.75) is 80.1 Å². The normalized spacial score (nSPS) is 13.6. The summed E-state index contributed by atoms with van der Waals surface area (Å²) in [5.74, 6) is 0. The Morgan fingerprint density at radius 3 is 1.45 bits per heavy atom. The van der Waals surface area contributed by atoms with Crippen molar-refractivity contribution in [1.29, 1.82) is 0 Å². The Kier molecular flexibility index (Phi) is 8.86. The van der Waals surface area contributed by atoms with Gasteiger partial charge >= 0.3 is 0 Å². The Bertz CT molecular complexity index is 1680. The van der Waals surface area contributed by atoms with E-state index >= 15 is 0 Å². The maximum Gasteiger partial charge on any atom is 0.0694 e. The number of hydrogen-bond donors (Lipinski definition) is 2. The number of alkyl halides is 2. The number of nitrogens with one attached hydrogen (secondary N) is 2. The average Bonchev–Trinajstić information content (AvgIpc) is 3.59. The largest absolute Gasteiger partial charge is 0.355 e. The van der Waals surface area contributed by atoms with Gasteiger partial charge in [0.15, 0.2) is 0 Å². The summed E-state index contributed by atoms with van der Waals surface area (Å²) in [6.07, 6.45) is 6.07. The van der Waals surface area contributed by atoms with Gasteiger partial charge in [0.05, 0.1) is 22.8 Å². The second-order valence-electron chi connectivity index (χ2n) is 11.0. The molecule has 2 aliphatic rings. The molecule has 0 atom stereocenters. The highest BCUT2D eigenvalue weighted by atomic mass is 79.9. The molecule has 8 bridgehead atoms. The molecule has 3 aromatic rings. The van der Waals surface area contributed by atoms with E-state index in [0.717, 1.165) is 88.5 Å². The minimum Gasteiger partial charge on any atom is -0.355 e. The van der Waals surface area contributed by atoms with Crippen LogP contribution in [0, 0.1) is 13.8 Å². The van der Waals surface area contributed by atoms with E-state index in [1.54, 1.807) is 0 Å². The first kappa shape index (κ1) is 29.1. The van der Waals surface area contributed by atoms with Gasteiger partial charge in [-0.05, 0) is 135 Å². The Balaban J connectivity index is 1.93. The SMILES string of the molecule is CCc1c(C)c2cc3[nH]c(cc4nc(cc5nc(cc1[nH]2)C(C)=C5CCCBr)C(CCCBr)=C4C)c(C)c3CC. The molecule has 0 saturated heterocycles. The number of hydrogen-bond acceptors (Lipinski definition) is 2. The van der Waals surface area contributed by atoms with Crippen molar-refractivity contribution in [2.24, 2.45) is 0 Å². The van der Waals surface area contributed by atoms with Crippen LogP contribution < -0.4 is 0 Å².